The summed E-state index contributed by atoms with van der Waals surface area (Å²) >= 11 is 0. The number of amides is 1. The molecule has 0 radical (unpaired) electrons. The highest BCUT2D eigenvalue weighted by Gasteiger charge is 2.20. The van der Waals surface area contributed by atoms with Crippen molar-refractivity contribution < 1.29 is 4.79 Å². The maximum absolute atomic E-state index is 11.3. The number of anilines is 4. The molecule has 1 fully saturated rings. The summed E-state index contributed by atoms with van der Waals surface area (Å²) in [5, 5.41) is 11.7. The molecule has 1 saturated heterocycles. The summed E-state index contributed by atoms with van der Waals surface area (Å²) in [6.45, 7) is 4.18. The summed E-state index contributed by atoms with van der Waals surface area (Å²) in [7, 11) is 0. The van der Waals surface area contributed by atoms with Crippen LogP contribution >= 0.6 is 0 Å². The van der Waals surface area contributed by atoms with E-state index in [1.165, 1.54) is 12.5 Å². The Morgan fingerprint density at radius 3 is 2.42 bits per heavy atom. The van der Waals surface area contributed by atoms with Crippen LogP contribution in [0, 0.1) is 0 Å². The first kappa shape index (κ1) is 20.9. The summed E-state index contributed by atoms with van der Waals surface area (Å²) < 4.78 is 1.97. The molecular weight excluding hydrogens is 414 g/mol. The molecule has 0 aliphatic carbocycles. The third kappa shape index (κ3) is 4.79. The summed E-state index contributed by atoms with van der Waals surface area (Å²) in [6.07, 6.45) is 5.03. The van der Waals surface area contributed by atoms with E-state index in [2.05, 4.69) is 44.9 Å². The monoisotopic (exact) mass is 441 g/mol. The highest BCUT2D eigenvalue weighted by Crippen LogP contribution is 2.28. The van der Waals surface area contributed by atoms with Crippen molar-refractivity contribution in [1.29, 1.82) is 0 Å². The second-order valence-corrected chi connectivity index (χ2v) is 8.29. The number of aromatic nitrogens is 4. The largest absolute Gasteiger partial charge is 0.341 e. The molecule has 4 aromatic rings. The fourth-order valence-electron chi connectivity index (χ4n) is 4.12. The Kier molecular flexibility index (Phi) is 5.89. The summed E-state index contributed by atoms with van der Waals surface area (Å²) in [4.78, 5) is 23.3. The van der Waals surface area contributed by atoms with Crippen molar-refractivity contribution in [1.82, 2.24) is 19.7 Å². The SMILES string of the molecule is CC(=O)Nc1ccc(Nc2nc(N3CCCC3)nc3c2cnn3CCc2ccccc2)cc1. The molecule has 8 nitrogen and oxygen atoms in total. The van der Waals surface area contributed by atoms with E-state index >= 15 is 0 Å². The second kappa shape index (κ2) is 9.28. The van der Waals surface area contributed by atoms with Crippen LogP contribution in [-0.2, 0) is 17.8 Å². The molecule has 33 heavy (non-hydrogen) atoms. The van der Waals surface area contributed by atoms with Gasteiger partial charge in [0, 0.05) is 37.9 Å². The maximum atomic E-state index is 11.3. The van der Waals surface area contributed by atoms with E-state index < -0.39 is 0 Å². The first-order valence-corrected chi connectivity index (χ1v) is 11.3. The highest BCUT2D eigenvalue weighted by atomic mass is 16.1. The van der Waals surface area contributed by atoms with Gasteiger partial charge >= 0.3 is 0 Å². The molecule has 1 aliphatic heterocycles. The lowest BCUT2D eigenvalue weighted by Crippen LogP contribution is -2.21. The van der Waals surface area contributed by atoms with Gasteiger partial charge in [-0.1, -0.05) is 30.3 Å². The normalized spacial score (nSPS) is 13.4. The predicted octanol–water partition coefficient (Wildman–Crippen LogP) is 4.37. The van der Waals surface area contributed by atoms with Crippen molar-refractivity contribution in [3.63, 3.8) is 0 Å². The zero-order valence-corrected chi connectivity index (χ0v) is 18.7. The molecule has 0 saturated carbocycles. The number of nitrogens with one attached hydrogen (secondary N) is 2. The number of nitrogens with zero attached hydrogens (tertiary/aromatic N) is 5. The molecule has 1 amide bonds. The average molecular weight is 442 g/mol. The third-order valence-corrected chi connectivity index (χ3v) is 5.80. The predicted molar refractivity (Wildman–Crippen MR) is 131 cm³/mol. The minimum Gasteiger partial charge on any atom is -0.341 e. The van der Waals surface area contributed by atoms with Gasteiger partial charge in [-0.25, -0.2) is 4.68 Å². The smallest absolute Gasteiger partial charge is 0.229 e. The van der Waals surface area contributed by atoms with E-state index in [0.29, 0.717) is 0 Å². The van der Waals surface area contributed by atoms with E-state index in [1.807, 2.05) is 41.2 Å². The van der Waals surface area contributed by atoms with Crippen molar-refractivity contribution in [3.8, 4) is 0 Å². The molecule has 5 rings (SSSR count). The lowest BCUT2D eigenvalue weighted by molar-refractivity contribution is -0.114. The molecule has 2 N–H and O–H groups in total. The quantitative estimate of drug-likeness (QED) is 0.443. The highest BCUT2D eigenvalue weighted by molar-refractivity contribution is 5.91. The molecule has 0 atom stereocenters. The van der Waals surface area contributed by atoms with E-state index in [0.717, 1.165) is 73.1 Å². The summed E-state index contributed by atoms with van der Waals surface area (Å²) in [5.74, 6) is 1.38. The van der Waals surface area contributed by atoms with Crippen molar-refractivity contribution >= 4 is 40.1 Å². The van der Waals surface area contributed by atoms with Gasteiger partial charge in [0.05, 0.1) is 11.6 Å². The molecule has 8 heteroatoms. The van der Waals surface area contributed by atoms with Gasteiger partial charge in [0.1, 0.15) is 5.82 Å². The van der Waals surface area contributed by atoms with Gasteiger partial charge in [-0.2, -0.15) is 15.1 Å². The number of carbonyl (C=O) groups is 1. The van der Waals surface area contributed by atoms with Gasteiger partial charge in [0.25, 0.3) is 0 Å². The minimum atomic E-state index is -0.0913. The summed E-state index contributed by atoms with van der Waals surface area (Å²) in [6, 6.07) is 18.0. The van der Waals surface area contributed by atoms with E-state index in [-0.39, 0.29) is 5.91 Å². The van der Waals surface area contributed by atoms with Crippen LogP contribution in [-0.4, -0.2) is 38.7 Å². The first-order chi connectivity index (χ1) is 16.2. The Hall–Kier alpha value is -3.94. The van der Waals surface area contributed by atoms with Crippen molar-refractivity contribution in [3.05, 3.63) is 66.4 Å². The second-order valence-electron chi connectivity index (χ2n) is 8.29. The first-order valence-electron chi connectivity index (χ1n) is 11.3. The lowest BCUT2D eigenvalue weighted by atomic mass is 10.1. The Morgan fingerprint density at radius 1 is 0.970 bits per heavy atom. The van der Waals surface area contributed by atoms with Crippen LogP contribution in [0.5, 0.6) is 0 Å². The van der Waals surface area contributed by atoms with Gasteiger partial charge in [0.2, 0.25) is 11.9 Å². The topological polar surface area (TPSA) is 88.0 Å². The van der Waals surface area contributed by atoms with Gasteiger partial charge in [-0.15, -0.1) is 0 Å². The Morgan fingerprint density at radius 2 is 1.70 bits per heavy atom. The van der Waals surface area contributed by atoms with Gasteiger partial charge in [-0.05, 0) is 49.1 Å². The lowest BCUT2D eigenvalue weighted by Gasteiger charge is -2.17. The zero-order valence-electron chi connectivity index (χ0n) is 18.7. The standard InChI is InChI=1S/C25H27N7O/c1-18(33)27-20-9-11-21(12-10-20)28-23-22-17-26-32(16-13-19-7-3-2-4-8-19)24(22)30-25(29-23)31-14-5-6-15-31/h2-4,7-12,17H,5-6,13-16H2,1H3,(H,27,33)(H,28,29,30). The van der Waals surface area contributed by atoms with E-state index in [9.17, 15) is 4.79 Å². The molecule has 0 spiro atoms. The van der Waals surface area contributed by atoms with Gasteiger partial charge < -0.3 is 15.5 Å². The van der Waals surface area contributed by atoms with E-state index in [4.69, 9.17) is 9.97 Å². The number of hydrogen-bond donors (Lipinski definition) is 2. The maximum Gasteiger partial charge on any atom is 0.229 e. The molecule has 1 aliphatic rings. The number of fused-ring (bicyclic) bond motifs is 1. The van der Waals surface area contributed by atoms with Crippen LogP contribution in [0.25, 0.3) is 11.0 Å². The number of carbonyl (C=O) groups excluding carboxylic acids is 1. The Labute approximate surface area is 192 Å². The number of rotatable bonds is 7. The van der Waals surface area contributed by atoms with Crippen LogP contribution in [0.3, 0.4) is 0 Å². The minimum absolute atomic E-state index is 0.0913. The fourth-order valence-corrected chi connectivity index (χ4v) is 4.12. The number of aryl methyl sites for hydroxylation is 2. The molecule has 3 heterocycles. The third-order valence-electron chi connectivity index (χ3n) is 5.80. The molecule has 2 aromatic carbocycles. The van der Waals surface area contributed by atoms with E-state index in [1.54, 1.807) is 0 Å². The molecular formula is C25H27N7O. The summed E-state index contributed by atoms with van der Waals surface area (Å²) in [5.41, 5.74) is 3.74. The molecule has 0 unspecified atom stereocenters. The van der Waals surface area contributed by atoms with Crippen LogP contribution in [0.2, 0.25) is 0 Å². The van der Waals surface area contributed by atoms with Gasteiger partial charge in [-0.3, -0.25) is 4.79 Å². The molecule has 2 aromatic heterocycles. The zero-order chi connectivity index (χ0) is 22.6. The number of hydrogen-bond acceptors (Lipinski definition) is 6. The van der Waals surface area contributed by atoms with Crippen molar-refractivity contribution in [2.45, 2.75) is 32.7 Å². The number of benzene rings is 2. The Balaban J connectivity index is 1.46. The van der Waals surface area contributed by atoms with Crippen LogP contribution in [0.15, 0.2) is 60.8 Å². The Bertz CT molecular complexity index is 1250. The van der Waals surface area contributed by atoms with Crippen molar-refractivity contribution in [2.75, 3.05) is 28.6 Å². The fraction of sp³-hybridized carbons (Fsp3) is 0.280. The molecule has 168 valence electrons. The van der Waals surface area contributed by atoms with Crippen molar-refractivity contribution in [2.24, 2.45) is 0 Å². The van der Waals surface area contributed by atoms with Crippen LogP contribution in [0.1, 0.15) is 25.3 Å². The molecule has 0 bridgehead atoms. The van der Waals surface area contributed by atoms with Gasteiger partial charge in [0.15, 0.2) is 5.65 Å². The average Bonchev–Trinajstić information content (AvgIpc) is 3.50. The van der Waals surface area contributed by atoms with Crippen LogP contribution < -0.4 is 15.5 Å². The van der Waals surface area contributed by atoms with Crippen LogP contribution in [0.4, 0.5) is 23.1 Å².